The van der Waals surface area contributed by atoms with Gasteiger partial charge in [-0.15, -0.1) is 5.10 Å². The molecule has 1 saturated carbocycles. The van der Waals surface area contributed by atoms with Gasteiger partial charge in [-0.25, -0.2) is 4.68 Å². The molecule has 10 heteroatoms. The maximum Gasteiger partial charge on any atom is 0.258 e. The van der Waals surface area contributed by atoms with Crippen LogP contribution in [-0.4, -0.2) is 45.0 Å². The van der Waals surface area contributed by atoms with Crippen LogP contribution < -0.4 is 0 Å². The van der Waals surface area contributed by atoms with Crippen LogP contribution in [0.4, 0.5) is 0 Å². The quantitative estimate of drug-likeness (QED) is 0.277. The van der Waals surface area contributed by atoms with Crippen LogP contribution in [0.25, 0.3) is 5.57 Å². The van der Waals surface area contributed by atoms with Crippen molar-refractivity contribution in [2.24, 2.45) is 0 Å². The Hall–Kier alpha value is -2.61. The van der Waals surface area contributed by atoms with Gasteiger partial charge in [0.05, 0.1) is 36.1 Å². The van der Waals surface area contributed by atoms with Crippen molar-refractivity contribution in [1.82, 2.24) is 19.9 Å². The van der Waals surface area contributed by atoms with Crippen LogP contribution >= 0.6 is 45.8 Å². The summed E-state index contributed by atoms with van der Waals surface area (Å²) in [6, 6.07) is 14.8. The SMILES string of the molecule is COC1=C(c2cc(Cl)cc(Cl)c2)C(=O)N2C[C@@H](n3nnc(C4CCCC4)c3I)C[C@@]12Cc1ccc(C#N)cc1. The van der Waals surface area contributed by atoms with Crippen LogP contribution in [0.1, 0.15) is 66.4 Å². The number of hydrogen-bond donors (Lipinski definition) is 0. The molecule has 1 amide bonds. The molecule has 3 aliphatic rings. The Bertz CT molecular complexity index is 1500. The first-order valence-electron chi connectivity index (χ1n) is 13.0. The van der Waals surface area contributed by atoms with Gasteiger partial charge in [0, 0.05) is 35.3 Å². The van der Waals surface area contributed by atoms with E-state index in [0.717, 1.165) is 27.8 Å². The second kappa shape index (κ2) is 10.4. The third-order valence-corrected chi connectivity index (χ3v) is 9.76. The van der Waals surface area contributed by atoms with Gasteiger partial charge in [0.15, 0.2) is 0 Å². The van der Waals surface area contributed by atoms with E-state index in [1.807, 2.05) is 33.8 Å². The maximum atomic E-state index is 14.2. The highest BCUT2D eigenvalue weighted by Crippen LogP contribution is 2.52. The van der Waals surface area contributed by atoms with Crippen molar-refractivity contribution in [3.63, 3.8) is 0 Å². The minimum Gasteiger partial charge on any atom is -0.498 e. The smallest absolute Gasteiger partial charge is 0.258 e. The normalized spacial score (nSPS) is 23.0. The standard InChI is InChI=1S/C29H26Cl2IN5O2/c1-39-26-24(20-10-21(30)12-22(31)11-20)28(38)36-16-23(37-27(32)25(34-35-37)19-4-2-3-5-19)14-29(26,36)13-17-6-8-18(15-33)9-7-17/h6-12,19,23H,2-5,13-14,16H2,1H3/t23-,29-/m0/s1. The number of methoxy groups -OCH3 is 1. The monoisotopic (exact) mass is 673 g/mol. The first kappa shape index (κ1) is 26.6. The number of carbonyl (C=O) groups is 1. The van der Waals surface area contributed by atoms with Crippen LogP contribution in [0, 0.1) is 15.0 Å². The Morgan fingerprint density at radius 3 is 2.49 bits per heavy atom. The highest BCUT2D eigenvalue weighted by Gasteiger charge is 2.59. The molecule has 0 N–H and O–H groups in total. The molecule has 2 fully saturated rings. The van der Waals surface area contributed by atoms with E-state index in [2.05, 4.69) is 39.0 Å². The average Bonchev–Trinajstić information content (AvgIpc) is 3.68. The average molecular weight is 674 g/mol. The largest absolute Gasteiger partial charge is 0.498 e. The lowest BCUT2D eigenvalue weighted by molar-refractivity contribution is -0.126. The van der Waals surface area contributed by atoms with E-state index in [9.17, 15) is 10.1 Å². The number of aromatic nitrogens is 3. The van der Waals surface area contributed by atoms with Crippen LogP contribution in [0.5, 0.6) is 0 Å². The summed E-state index contributed by atoms with van der Waals surface area (Å²) in [4.78, 5) is 16.1. The number of hydrogen-bond acceptors (Lipinski definition) is 5. The molecular weight excluding hydrogens is 648 g/mol. The number of carbonyl (C=O) groups excluding carboxylic acids is 1. The molecule has 1 aliphatic carbocycles. The predicted molar refractivity (Wildman–Crippen MR) is 157 cm³/mol. The molecule has 2 aromatic carbocycles. The van der Waals surface area contributed by atoms with Gasteiger partial charge in [-0.05, 0) is 76.9 Å². The fraction of sp³-hybridized carbons (Fsp3) is 0.379. The minimum absolute atomic E-state index is 0.0588. The third kappa shape index (κ3) is 4.52. The predicted octanol–water partition coefficient (Wildman–Crippen LogP) is 6.54. The van der Waals surface area contributed by atoms with Gasteiger partial charge in [-0.1, -0.05) is 53.4 Å². The summed E-state index contributed by atoms with van der Waals surface area (Å²) >= 11 is 15.0. The lowest BCUT2D eigenvalue weighted by Crippen LogP contribution is -2.45. The Morgan fingerprint density at radius 1 is 1.15 bits per heavy atom. The summed E-state index contributed by atoms with van der Waals surface area (Å²) in [6.07, 6.45) is 5.89. The van der Waals surface area contributed by atoms with Gasteiger partial charge in [-0.3, -0.25) is 4.79 Å². The Morgan fingerprint density at radius 2 is 1.85 bits per heavy atom. The van der Waals surface area contributed by atoms with Crippen molar-refractivity contribution in [3.05, 3.63) is 84.4 Å². The molecular formula is C29H26Cl2IN5O2. The van der Waals surface area contributed by atoms with Crippen molar-refractivity contribution in [1.29, 1.82) is 5.26 Å². The second-order valence-electron chi connectivity index (χ2n) is 10.5. The number of rotatable bonds is 6. The van der Waals surface area contributed by atoms with Gasteiger partial charge in [0.1, 0.15) is 15.0 Å². The zero-order chi connectivity index (χ0) is 27.3. The van der Waals surface area contributed by atoms with Crippen molar-refractivity contribution in [3.8, 4) is 6.07 Å². The van der Waals surface area contributed by atoms with E-state index in [4.69, 9.17) is 27.9 Å². The zero-order valence-corrected chi connectivity index (χ0v) is 25.0. The maximum absolute atomic E-state index is 14.2. The number of benzene rings is 2. The third-order valence-electron chi connectivity index (χ3n) is 8.28. The number of nitrogens with zero attached hydrogens (tertiary/aromatic N) is 5. The highest BCUT2D eigenvalue weighted by atomic mass is 127. The van der Waals surface area contributed by atoms with Crippen LogP contribution in [-0.2, 0) is 16.0 Å². The summed E-state index contributed by atoms with van der Waals surface area (Å²) in [5, 5.41) is 19.4. The molecule has 39 heavy (non-hydrogen) atoms. The van der Waals surface area contributed by atoms with Crippen molar-refractivity contribution in [2.75, 3.05) is 13.7 Å². The molecule has 1 aromatic heterocycles. The number of halogens is 3. The highest BCUT2D eigenvalue weighted by molar-refractivity contribution is 14.1. The molecule has 0 unspecified atom stereocenters. The second-order valence-corrected chi connectivity index (χ2v) is 12.4. The van der Waals surface area contributed by atoms with Crippen LogP contribution in [0.3, 0.4) is 0 Å². The first-order valence-corrected chi connectivity index (χ1v) is 14.8. The zero-order valence-electron chi connectivity index (χ0n) is 21.3. The summed E-state index contributed by atoms with van der Waals surface area (Å²) in [7, 11) is 1.61. The Labute approximate surface area is 250 Å². The molecule has 0 radical (unpaired) electrons. The molecule has 1 saturated heterocycles. The van der Waals surface area contributed by atoms with Crippen LogP contribution in [0.2, 0.25) is 10.0 Å². The number of amides is 1. The van der Waals surface area contributed by atoms with Gasteiger partial charge in [0.2, 0.25) is 0 Å². The molecule has 0 spiro atoms. The molecule has 200 valence electrons. The van der Waals surface area contributed by atoms with Crippen molar-refractivity contribution >= 4 is 57.3 Å². The fourth-order valence-electron chi connectivity index (χ4n) is 6.58. The van der Waals surface area contributed by atoms with E-state index in [-0.39, 0.29) is 11.9 Å². The fourth-order valence-corrected chi connectivity index (χ4v) is 8.14. The molecule has 0 bridgehead atoms. The number of ether oxygens (including phenoxy) is 1. The Balaban J connectivity index is 1.45. The molecule has 3 aromatic rings. The molecule has 2 atom stereocenters. The van der Waals surface area contributed by atoms with Gasteiger partial charge in [-0.2, -0.15) is 5.26 Å². The topological polar surface area (TPSA) is 84.0 Å². The van der Waals surface area contributed by atoms with Crippen molar-refractivity contribution in [2.45, 2.75) is 56.0 Å². The van der Waals surface area contributed by atoms with E-state index in [0.29, 0.717) is 57.8 Å². The molecule has 6 rings (SSSR count). The molecule has 3 heterocycles. The van der Waals surface area contributed by atoms with E-state index >= 15 is 0 Å². The van der Waals surface area contributed by atoms with E-state index in [1.165, 1.54) is 12.8 Å². The summed E-state index contributed by atoms with van der Waals surface area (Å²) < 4.78 is 9.15. The number of fused-ring (bicyclic) bond motifs is 1. The van der Waals surface area contributed by atoms with E-state index < -0.39 is 5.54 Å². The lowest BCUT2D eigenvalue weighted by Gasteiger charge is -2.34. The lowest BCUT2D eigenvalue weighted by atomic mass is 9.85. The summed E-state index contributed by atoms with van der Waals surface area (Å²) in [5.41, 5.74) is 3.05. The minimum atomic E-state index is -0.739. The van der Waals surface area contributed by atoms with Gasteiger partial charge >= 0.3 is 0 Å². The van der Waals surface area contributed by atoms with Gasteiger partial charge in [0.25, 0.3) is 5.91 Å². The Kier molecular flexibility index (Phi) is 7.11. The first-order chi connectivity index (χ1) is 18.8. The van der Waals surface area contributed by atoms with Crippen LogP contribution in [0.15, 0.2) is 48.2 Å². The molecule has 2 aliphatic heterocycles. The number of nitriles is 1. The molecule has 7 nitrogen and oxygen atoms in total. The van der Waals surface area contributed by atoms with E-state index in [1.54, 1.807) is 25.3 Å². The summed E-state index contributed by atoms with van der Waals surface area (Å²) in [5.74, 6) is 0.936. The van der Waals surface area contributed by atoms with Crippen molar-refractivity contribution < 1.29 is 9.53 Å². The van der Waals surface area contributed by atoms with Gasteiger partial charge < -0.3 is 9.64 Å². The summed E-state index contributed by atoms with van der Waals surface area (Å²) in [6.45, 7) is 0.475.